The predicted molar refractivity (Wildman–Crippen MR) is 111 cm³/mol. The number of benzene rings is 1. The molecule has 1 unspecified atom stereocenters. The number of aromatic amines is 1. The van der Waals surface area contributed by atoms with Crippen LogP contribution in [0.3, 0.4) is 0 Å². The quantitative estimate of drug-likeness (QED) is 0.360. The van der Waals surface area contributed by atoms with Crippen molar-refractivity contribution in [3.63, 3.8) is 0 Å². The second-order valence-electron chi connectivity index (χ2n) is 7.01. The average molecular weight is 373 g/mol. The van der Waals surface area contributed by atoms with E-state index in [-0.39, 0.29) is 0 Å². The van der Waals surface area contributed by atoms with E-state index in [1.165, 1.54) is 22.2 Å². The summed E-state index contributed by atoms with van der Waals surface area (Å²) in [6.07, 6.45) is 4.51. The maximum Gasteiger partial charge on any atom is 0.190 e. The van der Waals surface area contributed by atoms with Crippen LogP contribution in [0, 0.1) is 6.92 Å². The number of rotatable bonds is 9. The lowest BCUT2D eigenvalue weighted by molar-refractivity contribution is 0.0168. The predicted octanol–water partition coefficient (Wildman–Crippen LogP) is 2.77. The highest BCUT2D eigenvalue weighted by Crippen LogP contribution is 2.21. The van der Waals surface area contributed by atoms with Crippen molar-refractivity contribution in [1.29, 1.82) is 0 Å². The van der Waals surface area contributed by atoms with E-state index in [1.54, 1.807) is 7.05 Å². The number of ether oxygens (including phenoxy) is 2. The molecule has 2 heterocycles. The van der Waals surface area contributed by atoms with Crippen LogP contribution in [0.15, 0.2) is 29.3 Å². The maximum atomic E-state index is 5.69. The van der Waals surface area contributed by atoms with Crippen LogP contribution in [-0.4, -0.2) is 57.0 Å². The zero-order valence-corrected chi connectivity index (χ0v) is 16.5. The zero-order chi connectivity index (χ0) is 18.9. The molecule has 0 spiro atoms. The summed E-state index contributed by atoms with van der Waals surface area (Å²) in [6.45, 7) is 6.18. The summed E-state index contributed by atoms with van der Waals surface area (Å²) in [7, 11) is 1.81. The Kier molecular flexibility index (Phi) is 7.54. The van der Waals surface area contributed by atoms with Crippen molar-refractivity contribution in [3.8, 4) is 0 Å². The Hall–Kier alpha value is -2.05. The highest BCUT2D eigenvalue weighted by molar-refractivity contribution is 5.84. The number of para-hydroxylation sites is 1. The Labute approximate surface area is 161 Å². The molecule has 27 heavy (non-hydrogen) atoms. The van der Waals surface area contributed by atoms with Crippen molar-refractivity contribution in [2.75, 3.05) is 40.0 Å². The van der Waals surface area contributed by atoms with E-state index >= 15 is 0 Å². The molecule has 1 aliphatic rings. The lowest BCUT2D eigenvalue weighted by Gasteiger charge is -2.13. The number of aromatic nitrogens is 1. The van der Waals surface area contributed by atoms with Crippen LogP contribution in [-0.2, 0) is 15.9 Å². The van der Waals surface area contributed by atoms with Crippen molar-refractivity contribution in [2.24, 2.45) is 4.99 Å². The van der Waals surface area contributed by atoms with Gasteiger partial charge in [0.25, 0.3) is 0 Å². The van der Waals surface area contributed by atoms with E-state index in [4.69, 9.17) is 9.47 Å². The van der Waals surface area contributed by atoms with E-state index < -0.39 is 0 Å². The number of aryl methyl sites for hydroxylation is 1. The van der Waals surface area contributed by atoms with Gasteiger partial charge < -0.3 is 25.1 Å². The largest absolute Gasteiger partial charge is 0.379 e. The molecule has 0 aliphatic carbocycles. The summed E-state index contributed by atoms with van der Waals surface area (Å²) in [5.41, 5.74) is 3.82. The van der Waals surface area contributed by atoms with Crippen LogP contribution in [0.1, 0.15) is 30.5 Å². The van der Waals surface area contributed by atoms with E-state index in [9.17, 15) is 0 Å². The molecule has 1 aromatic carbocycles. The first-order chi connectivity index (χ1) is 13.3. The number of hydrogen-bond acceptors (Lipinski definition) is 3. The van der Waals surface area contributed by atoms with E-state index in [1.807, 2.05) is 0 Å². The van der Waals surface area contributed by atoms with Crippen LogP contribution in [0.4, 0.5) is 0 Å². The Morgan fingerprint density at radius 1 is 1.30 bits per heavy atom. The molecule has 0 amide bonds. The van der Waals surface area contributed by atoms with Gasteiger partial charge in [-0.3, -0.25) is 4.99 Å². The molecule has 148 valence electrons. The first kappa shape index (κ1) is 19.7. The lowest BCUT2D eigenvalue weighted by atomic mass is 10.1. The number of fused-ring (bicyclic) bond motifs is 1. The van der Waals surface area contributed by atoms with Crippen LogP contribution in [0.25, 0.3) is 10.9 Å². The van der Waals surface area contributed by atoms with Gasteiger partial charge in [0.15, 0.2) is 5.96 Å². The molecule has 1 saturated heterocycles. The fourth-order valence-electron chi connectivity index (χ4n) is 3.55. The molecule has 2 aromatic rings. The van der Waals surface area contributed by atoms with Gasteiger partial charge in [-0.2, -0.15) is 0 Å². The van der Waals surface area contributed by atoms with Gasteiger partial charge in [0.2, 0.25) is 0 Å². The van der Waals surface area contributed by atoms with Gasteiger partial charge in [0.1, 0.15) is 0 Å². The number of guanidine groups is 1. The molecule has 1 fully saturated rings. The monoisotopic (exact) mass is 372 g/mol. The minimum Gasteiger partial charge on any atom is -0.379 e. The summed E-state index contributed by atoms with van der Waals surface area (Å²) >= 11 is 0. The molecule has 0 radical (unpaired) electrons. The molecular weight excluding hydrogens is 340 g/mol. The number of nitrogens with zero attached hydrogens (tertiary/aromatic N) is 1. The Morgan fingerprint density at radius 2 is 2.15 bits per heavy atom. The minimum absolute atomic E-state index is 0.306. The highest BCUT2D eigenvalue weighted by atomic mass is 16.5. The van der Waals surface area contributed by atoms with E-state index in [0.717, 1.165) is 64.6 Å². The topological polar surface area (TPSA) is 70.7 Å². The minimum atomic E-state index is 0.306. The van der Waals surface area contributed by atoms with Gasteiger partial charge >= 0.3 is 0 Å². The SMILES string of the molecule is CN=C(NCCCOCC1CCCO1)NCCc1c(C)[nH]c2ccccc12. The van der Waals surface area contributed by atoms with Crippen LogP contribution >= 0.6 is 0 Å². The molecule has 6 nitrogen and oxygen atoms in total. The first-order valence-electron chi connectivity index (χ1n) is 9.98. The first-order valence-corrected chi connectivity index (χ1v) is 9.98. The second-order valence-corrected chi connectivity index (χ2v) is 7.01. The number of nitrogens with one attached hydrogen (secondary N) is 3. The lowest BCUT2D eigenvalue weighted by Crippen LogP contribution is -2.39. The molecule has 1 aromatic heterocycles. The summed E-state index contributed by atoms with van der Waals surface area (Å²) in [6, 6.07) is 8.46. The van der Waals surface area contributed by atoms with Gasteiger partial charge in [0.05, 0.1) is 12.7 Å². The molecule has 3 N–H and O–H groups in total. The standard InChI is InChI=1S/C21H32N4O2/c1-16-18(19-8-3-4-9-20(19)25-16)10-12-24-21(22-2)23-11-6-13-26-15-17-7-5-14-27-17/h3-4,8-9,17,25H,5-7,10-15H2,1-2H3,(H2,22,23,24). The fourth-order valence-corrected chi connectivity index (χ4v) is 3.55. The summed E-state index contributed by atoms with van der Waals surface area (Å²) in [4.78, 5) is 7.75. The number of aliphatic imine (C=N–C) groups is 1. The molecule has 1 aliphatic heterocycles. The van der Waals surface area contributed by atoms with Gasteiger partial charge in [-0.15, -0.1) is 0 Å². The smallest absolute Gasteiger partial charge is 0.190 e. The Bertz CT molecular complexity index is 735. The van der Waals surface area contributed by atoms with Gasteiger partial charge in [-0.25, -0.2) is 0 Å². The van der Waals surface area contributed by atoms with Crippen molar-refractivity contribution in [2.45, 2.75) is 38.7 Å². The summed E-state index contributed by atoms with van der Waals surface area (Å²) < 4.78 is 11.2. The van der Waals surface area contributed by atoms with Crippen molar-refractivity contribution < 1.29 is 9.47 Å². The highest BCUT2D eigenvalue weighted by Gasteiger charge is 2.14. The Morgan fingerprint density at radius 3 is 2.96 bits per heavy atom. The van der Waals surface area contributed by atoms with Gasteiger partial charge in [0, 0.05) is 49.9 Å². The van der Waals surface area contributed by atoms with Gasteiger partial charge in [-0.1, -0.05) is 18.2 Å². The van der Waals surface area contributed by atoms with Crippen molar-refractivity contribution in [1.82, 2.24) is 15.6 Å². The van der Waals surface area contributed by atoms with Crippen LogP contribution < -0.4 is 10.6 Å². The Balaban J connectivity index is 1.32. The third-order valence-corrected chi connectivity index (χ3v) is 5.00. The summed E-state index contributed by atoms with van der Waals surface area (Å²) in [5.74, 6) is 0.839. The molecule has 3 rings (SSSR count). The van der Waals surface area contributed by atoms with Crippen molar-refractivity contribution in [3.05, 3.63) is 35.5 Å². The third kappa shape index (κ3) is 5.71. The molecular formula is C21H32N4O2. The van der Waals surface area contributed by atoms with Crippen LogP contribution in [0.5, 0.6) is 0 Å². The number of hydrogen-bond donors (Lipinski definition) is 3. The second kappa shape index (κ2) is 10.3. The molecule has 0 bridgehead atoms. The zero-order valence-electron chi connectivity index (χ0n) is 16.5. The molecule has 1 atom stereocenters. The van der Waals surface area contributed by atoms with E-state index in [0.29, 0.717) is 6.10 Å². The van der Waals surface area contributed by atoms with Crippen molar-refractivity contribution >= 4 is 16.9 Å². The molecule has 6 heteroatoms. The number of H-pyrrole nitrogens is 1. The fraction of sp³-hybridized carbons (Fsp3) is 0.571. The average Bonchev–Trinajstić information content (AvgIpc) is 3.30. The van der Waals surface area contributed by atoms with Crippen LogP contribution in [0.2, 0.25) is 0 Å². The maximum absolute atomic E-state index is 5.69. The van der Waals surface area contributed by atoms with Gasteiger partial charge in [-0.05, 0) is 44.2 Å². The normalized spacial score (nSPS) is 17.6. The molecule has 0 saturated carbocycles. The third-order valence-electron chi connectivity index (χ3n) is 5.00. The summed E-state index contributed by atoms with van der Waals surface area (Å²) in [5, 5.41) is 8.06. The van der Waals surface area contributed by atoms with E-state index in [2.05, 4.69) is 51.8 Å².